The fourth-order valence-electron chi connectivity index (χ4n) is 3.20. The van der Waals surface area contributed by atoms with Crippen LogP contribution >= 0.6 is 0 Å². The molecule has 0 aromatic carbocycles. The summed E-state index contributed by atoms with van der Waals surface area (Å²) in [6.07, 6.45) is 4.53. The lowest BCUT2D eigenvalue weighted by Crippen LogP contribution is -2.41. The van der Waals surface area contributed by atoms with Gasteiger partial charge in [0, 0.05) is 12.7 Å². The number of hydrogen-bond acceptors (Lipinski definition) is 3. The van der Waals surface area contributed by atoms with Crippen LogP contribution in [-0.4, -0.2) is 34.0 Å². The molecular weight excluding hydrogens is 264 g/mol. The van der Waals surface area contributed by atoms with Crippen molar-refractivity contribution in [3.8, 4) is 0 Å². The van der Waals surface area contributed by atoms with Crippen molar-refractivity contribution in [2.45, 2.75) is 58.6 Å². The standard InChI is InChI=1S/C17H26N2O2/c1-12-9-13(2)18-15(10-12)11-19(3)17(21)16(20)14-7-5-4-6-8-14/h9-10,14,16,20H,4-8,11H2,1-3H3/t16-/m1/s1. The molecule has 1 aliphatic carbocycles. The first-order valence-electron chi connectivity index (χ1n) is 7.84. The molecule has 0 unspecified atom stereocenters. The molecule has 4 heteroatoms. The highest BCUT2D eigenvalue weighted by molar-refractivity contribution is 5.80. The van der Waals surface area contributed by atoms with Gasteiger partial charge in [0.15, 0.2) is 0 Å². The molecule has 0 aliphatic heterocycles. The number of aryl methyl sites for hydroxylation is 2. The number of nitrogens with zero attached hydrogens (tertiary/aromatic N) is 2. The highest BCUT2D eigenvalue weighted by Gasteiger charge is 2.29. The van der Waals surface area contributed by atoms with Crippen LogP contribution in [0.25, 0.3) is 0 Å². The van der Waals surface area contributed by atoms with Crippen LogP contribution in [0.3, 0.4) is 0 Å². The third kappa shape index (κ3) is 4.27. The summed E-state index contributed by atoms with van der Waals surface area (Å²) in [5, 5.41) is 10.3. The molecule has 1 aromatic heterocycles. The number of aliphatic hydroxyl groups excluding tert-OH is 1. The Morgan fingerprint density at radius 2 is 2.00 bits per heavy atom. The fraction of sp³-hybridized carbons (Fsp3) is 0.647. The molecule has 0 bridgehead atoms. The van der Waals surface area contributed by atoms with Crippen molar-refractivity contribution in [3.63, 3.8) is 0 Å². The summed E-state index contributed by atoms with van der Waals surface area (Å²) in [5.74, 6) is -0.0521. The molecular formula is C17H26N2O2. The summed E-state index contributed by atoms with van der Waals surface area (Å²) in [6, 6.07) is 4.01. The van der Waals surface area contributed by atoms with Crippen molar-refractivity contribution in [2.75, 3.05) is 7.05 Å². The van der Waals surface area contributed by atoms with E-state index >= 15 is 0 Å². The van der Waals surface area contributed by atoms with Crippen LogP contribution in [0.1, 0.15) is 49.1 Å². The van der Waals surface area contributed by atoms with E-state index in [9.17, 15) is 9.90 Å². The van der Waals surface area contributed by atoms with Gasteiger partial charge in [-0.1, -0.05) is 19.3 Å². The highest BCUT2D eigenvalue weighted by atomic mass is 16.3. The van der Waals surface area contributed by atoms with Gasteiger partial charge in [-0.15, -0.1) is 0 Å². The predicted octanol–water partition coefficient (Wildman–Crippen LogP) is 2.60. The molecule has 1 N–H and O–H groups in total. The summed E-state index contributed by atoms with van der Waals surface area (Å²) >= 11 is 0. The highest BCUT2D eigenvalue weighted by Crippen LogP contribution is 2.27. The molecule has 0 saturated heterocycles. The van der Waals surface area contributed by atoms with E-state index in [4.69, 9.17) is 0 Å². The Kier molecular flexibility index (Phi) is 5.34. The van der Waals surface area contributed by atoms with Crippen molar-refractivity contribution in [3.05, 3.63) is 29.1 Å². The monoisotopic (exact) mass is 290 g/mol. The topological polar surface area (TPSA) is 53.4 Å². The molecule has 0 spiro atoms. The number of pyridine rings is 1. The van der Waals surface area contributed by atoms with Gasteiger partial charge in [0.25, 0.3) is 5.91 Å². The average Bonchev–Trinajstić information content (AvgIpc) is 2.45. The zero-order valence-electron chi connectivity index (χ0n) is 13.3. The molecule has 1 amide bonds. The third-order valence-corrected chi connectivity index (χ3v) is 4.28. The van der Waals surface area contributed by atoms with E-state index in [1.807, 2.05) is 26.0 Å². The van der Waals surface area contributed by atoms with Crippen molar-refractivity contribution in [1.29, 1.82) is 0 Å². The van der Waals surface area contributed by atoms with E-state index in [-0.39, 0.29) is 11.8 Å². The zero-order valence-corrected chi connectivity index (χ0v) is 13.3. The van der Waals surface area contributed by atoms with Crippen LogP contribution < -0.4 is 0 Å². The number of likely N-dealkylation sites (N-methyl/N-ethyl adjacent to an activating group) is 1. The van der Waals surface area contributed by atoms with E-state index in [1.165, 1.54) is 6.42 Å². The van der Waals surface area contributed by atoms with Gasteiger partial charge in [0.05, 0.1) is 12.2 Å². The Hall–Kier alpha value is -1.42. The van der Waals surface area contributed by atoms with E-state index in [1.54, 1.807) is 11.9 Å². The van der Waals surface area contributed by atoms with Crippen molar-refractivity contribution in [2.24, 2.45) is 5.92 Å². The van der Waals surface area contributed by atoms with E-state index in [0.29, 0.717) is 6.54 Å². The maximum absolute atomic E-state index is 12.4. The van der Waals surface area contributed by atoms with Gasteiger partial charge in [-0.05, 0) is 50.3 Å². The summed E-state index contributed by atoms with van der Waals surface area (Å²) in [7, 11) is 1.74. The molecule has 1 fully saturated rings. The lowest BCUT2D eigenvalue weighted by atomic mass is 9.85. The Morgan fingerprint density at radius 1 is 1.33 bits per heavy atom. The predicted molar refractivity (Wildman–Crippen MR) is 82.8 cm³/mol. The maximum atomic E-state index is 12.4. The van der Waals surface area contributed by atoms with Gasteiger partial charge in [-0.2, -0.15) is 0 Å². The minimum Gasteiger partial charge on any atom is -0.383 e. The Labute approximate surface area is 127 Å². The molecule has 1 aromatic rings. The largest absolute Gasteiger partial charge is 0.383 e. The van der Waals surface area contributed by atoms with E-state index < -0.39 is 6.10 Å². The van der Waals surface area contributed by atoms with Crippen molar-refractivity contribution in [1.82, 2.24) is 9.88 Å². The minimum absolute atomic E-state index is 0.126. The Morgan fingerprint density at radius 3 is 2.62 bits per heavy atom. The zero-order chi connectivity index (χ0) is 15.4. The number of aliphatic hydroxyl groups is 1. The normalized spacial score (nSPS) is 17.5. The van der Waals surface area contributed by atoms with Crippen LogP contribution in [0.4, 0.5) is 0 Å². The first-order valence-corrected chi connectivity index (χ1v) is 7.84. The molecule has 21 heavy (non-hydrogen) atoms. The number of carbonyl (C=O) groups excluding carboxylic acids is 1. The molecule has 1 saturated carbocycles. The maximum Gasteiger partial charge on any atom is 0.251 e. The lowest BCUT2D eigenvalue weighted by Gasteiger charge is -2.28. The van der Waals surface area contributed by atoms with Gasteiger partial charge < -0.3 is 10.0 Å². The van der Waals surface area contributed by atoms with Gasteiger partial charge in [-0.25, -0.2) is 0 Å². The smallest absolute Gasteiger partial charge is 0.251 e. The summed E-state index contributed by atoms with van der Waals surface area (Å²) in [6.45, 7) is 4.43. The molecule has 4 nitrogen and oxygen atoms in total. The fourth-order valence-corrected chi connectivity index (χ4v) is 3.20. The van der Waals surface area contributed by atoms with Crippen LogP contribution in [0.2, 0.25) is 0 Å². The quantitative estimate of drug-likeness (QED) is 0.927. The second-order valence-electron chi connectivity index (χ2n) is 6.31. The van der Waals surface area contributed by atoms with E-state index in [0.717, 1.165) is 42.6 Å². The van der Waals surface area contributed by atoms with Gasteiger partial charge in [0.1, 0.15) is 6.10 Å². The summed E-state index contributed by atoms with van der Waals surface area (Å²) < 4.78 is 0. The molecule has 1 atom stereocenters. The summed E-state index contributed by atoms with van der Waals surface area (Å²) in [4.78, 5) is 18.4. The van der Waals surface area contributed by atoms with E-state index in [2.05, 4.69) is 4.98 Å². The number of aromatic nitrogens is 1. The Bertz CT molecular complexity index is 475. The summed E-state index contributed by atoms with van der Waals surface area (Å²) in [5.41, 5.74) is 2.98. The number of hydrogen-bond donors (Lipinski definition) is 1. The Balaban J connectivity index is 1.98. The molecule has 1 aliphatic rings. The first-order chi connectivity index (χ1) is 9.97. The van der Waals surface area contributed by atoms with Crippen molar-refractivity contribution < 1.29 is 9.90 Å². The number of rotatable bonds is 4. The van der Waals surface area contributed by atoms with Crippen LogP contribution in [0, 0.1) is 19.8 Å². The van der Waals surface area contributed by atoms with Gasteiger partial charge >= 0.3 is 0 Å². The first kappa shape index (κ1) is 16.0. The SMILES string of the molecule is Cc1cc(C)nc(CN(C)C(=O)[C@H](O)C2CCCCC2)c1. The second kappa shape index (κ2) is 7.03. The van der Waals surface area contributed by atoms with Crippen molar-refractivity contribution >= 4 is 5.91 Å². The lowest BCUT2D eigenvalue weighted by molar-refractivity contribution is -0.143. The molecule has 0 radical (unpaired) electrons. The van der Waals surface area contributed by atoms with Gasteiger partial charge in [0.2, 0.25) is 0 Å². The van der Waals surface area contributed by atoms with Crippen LogP contribution in [0.15, 0.2) is 12.1 Å². The molecule has 2 rings (SSSR count). The number of carbonyl (C=O) groups is 1. The second-order valence-corrected chi connectivity index (χ2v) is 6.31. The minimum atomic E-state index is -0.860. The van der Waals surface area contributed by atoms with Gasteiger partial charge in [-0.3, -0.25) is 9.78 Å². The third-order valence-electron chi connectivity index (χ3n) is 4.28. The molecule has 1 heterocycles. The van der Waals surface area contributed by atoms with Crippen LogP contribution in [-0.2, 0) is 11.3 Å². The molecule has 116 valence electrons. The number of amides is 1. The van der Waals surface area contributed by atoms with Crippen LogP contribution in [0.5, 0.6) is 0 Å². The average molecular weight is 290 g/mol.